The predicted octanol–water partition coefficient (Wildman–Crippen LogP) is 4.56. The van der Waals surface area contributed by atoms with Crippen molar-refractivity contribution in [2.75, 3.05) is 10.6 Å². The highest BCUT2D eigenvalue weighted by atomic mass is 32.1. The van der Waals surface area contributed by atoms with E-state index in [0.29, 0.717) is 28.6 Å². The van der Waals surface area contributed by atoms with E-state index in [2.05, 4.69) is 16.0 Å². The number of benzene rings is 3. The van der Waals surface area contributed by atoms with Crippen LogP contribution in [0.15, 0.2) is 78.9 Å². The summed E-state index contributed by atoms with van der Waals surface area (Å²) in [6, 6.07) is 22.7. The number of hydrogen-bond donors (Lipinski definition) is 3. The Hall–Kier alpha value is -3.25. The summed E-state index contributed by atoms with van der Waals surface area (Å²) in [5, 5.41) is 9.10. The maximum absolute atomic E-state index is 13.2. The van der Waals surface area contributed by atoms with Crippen molar-refractivity contribution < 1.29 is 9.18 Å². The Morgan fingerprint density at radius 2 is 1.52 bits per heavy atom. The second-order valence-corrected chi connectivity index (χ2v) is 6.25. The van der Waals surface area contributed by atoms with Crippen LogP contribution >= 0.6 is 12.2 Å². The van der Waals surface area contributed by atoms with E-state index >= 15 is 0 Å². The molecule has 3 aromatic carbocycles. The average Bonchev–Trinajstić information content (AvgIpc) is 2.67. The molecular weight excluding hydrogens is 361 g/mol. The van der Waals surface area contributed by atoms with Crippen LogP contribution in [0.2, 0.25) is 0 Å². The van der Waals surface area contributed by atoms with Gasteiger partial charge in [0.25, 0.3) is 5.91 Å². The van der Waals surface area contributed by atoms with E-state index < -0.39 is 0 Å². The first-order valence-corrected chi connectivity index (χ1v) is 8.77. The Balaban J connectivity index is 1.59. The molecule has 4 nitrogen and oxygen atoms in total. The van der Waals surface area contributed by atoms with Gasteiger partial charge in [0.15, 0.2) is 5.11 Å². The molecule has 0 bridgehead atoms. The van der Waals surface area contributed by atoms with Crippen molar-refractivity contribution in [1.82, 2.24) is 5.32 Å². The smallest absolute Gasteiger partial charge is 0.251 e. The first-order chi connectivity index (χ1) is 13.1. The monoisotopic (exact) mass is 379 g/mol. The van der Waals surface area contributed by atoms with Crippen LogP contribution in [-0.4, -0.2) is 11.0 Å². The van der Waals surface area contributed by atoms with Crippen molar-refractivity contribution in [3.63, 3.8) is 0 Å². The molecule has 0 aliphatic carbocycles. The van der Waals surface area contributed by atoms with Crippen LogP contribution in [0.3, 0.4) is 0 Å². The molecule has 0 saturated heterocycles. The number of carbonyl (C=O) groups is 1. The molecule has 136 valence electrons. The van der Waals surface area contributed by atoms with Crippen LogP contribution in [0, 0.1) is 5.82 Å². The molecule has 0 aromatic heterocycles. The average molecular weight is 379 g/mol. The van der Waals surface area contributed by atoms with E-state index in [-0.39, 0.29) is 11.7 Å². The summed E-state index contributed by atoms with van der Waals surface area (Å²) < 4.78 is 13.2. The van der Waals surface area contributed by atoms with Gasteiger partial charge in [-0.3, -0.25) is 4.79 Å². The van der Waals surface area contributed by atoms with Gasteiger partial charge in [-0.15, -0.1) is 0 Å². The molecule has 0 saturated carbocycles. The van der Waals surface area contributed by atoms with Gasteiger partial charge in [0.2, 0.25) is 0 Å². The maximum Gasteiger partial charge on any atom is 0.251 e. The summed E-state index contributed by atoms with van der Waals surface area (Å²) in [6.45, 7) is 0.455. The van der Waals surface area contributed by atoms with E-state index in [1.807, 2.05) is 30.3 Å². The van der Waals surface area contributed by atoms with Crippen molar-refractivity contribution in [2.24, 2.45) is 0 Å². The van der Waals surface area contributed by atoms with E-state index in [9.17, 15) is 9.18 Å². The van der Waals surface area contributed by atoms with Crippen molar-refractivity contribution >= 4 is 34.6 Å². The molecule has 0 unspecified atom stereocenters. The molecular formula is C21H18FN3OS. The lowest BCUT2D eigenvalue weighted by atomic mass is 10.1. The Morgan fingerprint density at radius 1 is 0.852 bits per heavy atom. The highest BCUT2D eigenvalue weighted by Gasteiger charge is 2.07. The first kappa shape index (κ1) is 18.5. The van der Waals surface area contributed by atoms with Gasteiger partial charge < -0.3 is 16.0 Å². The number of hydrogen-bond acceptors (Lipinski definition) is 2. The summed E-state index contributed by atoms with van der Waals surface area (Å²) in [4.78, 5) is 12.4. The fraction of sp³-hybridized carbons (Fsp3) is 0.0476. The van der Waals surface area contributed by atoms with Gasteiger partial charge in [0.05, 0.1) is 0 Å². The van der Waals surface area contributed by atoms with Crippen LogP contribution in [0.25, 0.3) is 0 Å². The third-order valence-electron chi connectivity index (χ3n) is 3.76. The topological polar surface area (TPSA) is 53.2 Å². The Bertz CT molecular complexity index is 947. The molecule has 3 rings (SSSR count). The highest BCUT2D eigenvalue weighted by molar-refractivity contribution is 7.80. The largest absolute Gasteiger partial charge is 0.348 e. The Morgan fingerprint density at radius 3 is 2.22 bits per heavy atom. The van der Waals surface area contributed by atoms with Crippen molar-refractivity contribution in [3.8, 4) is 0 Å². The lowest BCUT2D eigenvalue weighted by molar-refractivity contribution is 0.0951. The third-order valence-corrected chi connectivity index (χ3v) is 3.97. The SMILES string of the molecule is O=C(NCc1ccccc1)c1cccc(NC(=S)Nc2cccc(F)c2)c1. The second kappa shape index (κ2) is 8.91. The number of rotatable bonds is 5. The zero-order valence-corrected chi connectivity index (χ0v) is 15.2. The number of nitrogens with one attached hydrogen (secondary N) is 3. The van der Waals surface area contributed by atoms with Gasteiger partial charge in [-0.1, -0.05) is 42.5 Å². The lowest BCUT2D eigenvalue weighted by Crippen LogP contribution is -2.23. The molecule has 0 aliphatic rings. The molecule has 0 radical (unpaired) electrons. The van der Waals surface area contributed by atoms with Crippen LogP contribution in [0.5, 0.6) is 0 Å². The second-order valence-electron chi connectivity index (χ2n) is 5.84. The molecule has 0 heterocycles. The van der Waals surface area contributed by atoms with Gasteiger partial charge in [-0.2, -0.15) is 0 Å². The van der Waals surface area contributed by atoms with Gasteiger partial charge in [-0.25, -0.2) is 4.39 Å². The number of amides is 1. The third kappa shape index (κ3) is 5.62. The summed E-state index contributed by atoms with van der Waals surface area (Å²) in [5.41, 5.74) is 2.76. The van der Waals surface area contributed by atoms with Gasteiger partial charge >= 0.3 is 0 Å². The normalized spacial score (nSPS) is 10.1. The van der Waals surface area contributed by atoms with Crippen molar-refractivity contribution in [1.29, 1.82) is 0 Å². The van der Waals surface area contributed by atoms with E-state index in [0.717, 1.165) is 5.56 Å². The van der Waals surface area contributed by atoms with E-state index in [1.54, 1.807) is 36.4 Å². The molecule has 0 spiro atoms. The summed E-state index contributed by atoms with van der Waals surface area (Å²) in [5.74, 6) is -0.522. The molecule has 3 N–H and O–H groups in total. The van der Waals surface area contributed by atoms with Crippen LogP contribution in [0.1, 0.15) is 15.9 Å². The van der Waals surface area contributed by atoms with Gasteiger partial charge in [-0.05, 0) is 54.2 Å². The lowest BCUT2D eigenvalue weighted by Gasteiger charge is -2.12. The van der Waals surface area contributed by atoms with Crippen LogP contribution < -0.4 is 16.0 Å². The van der Waals surface area contributed by atoms with Crippen molar-refractivity contribution in [3.05, 3.63) is 95.8 Å². The van der Waals surface area contributed by atoms with Crippen LogP contribution in [-0.2, 0) is 6.54 Å². The fourth-order valence-corrected chi connectivity index (χ4v) is 2.71. The number of halogens is 1. The fourth-order valence-electron chi connectivity index (χ4n) is 2.48. The summed E-state index contributed by atoms with van der Waals surface area (Å²) in [7, 11) is 0. The maximum atomic E-state index is 13.2. The van der Waals surface area contributed by atoms with E-state index in [4.69, 9.17) is 12.2 Å². The summed E-state index contributed by atoms with van der Waals surface area (Å²) in [6.07, 6.45) is 0. The van der Waals surface area contributed by atoms with Crippen LogP contribution in [0.4, 0.5) is 15.8 Å². The molecule has 27 heavy (non-hydrogen) atoms. The minimum atomic E-state index is -0.347. The number of thiocarbonyl (C=S) groups is 1. The molecule has 0 fully saturated rings. The molecule has 1 amide bonds. The Kier molecular flexibility index (Phi) is 6.12. The molecule has 6 heteroatoms. The first-order valence-electron chi connectivity index (χ1n) is 8.36. The number of anilines is 2. The zero-order chi connectivity index (χ0) is 19.1. The predicted molar refractivity (Wildman–Crippen MR) is 110 cm³/mol. The van der Waals surface area contributed by atoms with E-state index in [1.165, 1.54) is 12.1 Å². The highest BCUT2D eigenvalue weighted by Crippen LogP contribution is 2.13. The van der Waals surface area contributed by atoms with Crippen molar-refractivity contribution in [2.45, 2.75) is 6.54 Å². The molecule has 0 aliphatic heterocycles. The molecule has 3 aromatic rings. The van der Waals surface area contributed by atoms with Gasteiger partial charge in [0, 0.05) is 23.5 Å². The van der Waals surface area contributed by atoms with Gasteiger partial charge in [0.1, 0.15) is 5.82 Å². The minimum absolute atomic E-state index is 0.175. The Labute approximate surface area is 162 Å². The summed E-state index contributed by atoms with van der Waals surface area (Å²) >= 11 is 5.24. The zero-order valence-electron chi connectivity index (χ0n) is 14.4. The number of carbonyl (C=O) groups excluding carboxylic acids is 1. The molecule has 0 atom stereocenters. The standard InChI is InChI=1S/C21H18FN3OS/c22-17-9-5-11-19(13-17)25-21(27)24-18-10-4-8-16(12-18)20(26)23-14-15-6-2-1-3-7-15/h1-13H,14H2,(H,23,26)(H2,24,25,27). The quantitative estimate of drug-likeness (QED) is 0.569. The minimum Gasteiger partial charge on any atom is -0.348 e.